The molecule has 1 aromatic heterocycles. The molecular formula is C20H22N4O6S2. The lowest BCUT2D eigenvalue weighted by Gasteiger charge is -2.13. The Morgan fingerprint density at radius 3 is 2.06 bits per heavy atom. The summed E-state index contributed by atoms with van der Waals surface area (Å²) in [5.41, 5.74) is 0.796. The number of aromatic nitrogens is 2. The molecule has 3 aromatic rings. The number of benzene rings is 2. The van der Waals surface area contributed by atoms with Gasteiger partial charge in [-0.15, -0.1) is 0 Å². The van der Waals surface area contributed by atoms with Crippen molar-refractivity contribution in [2.75, 3.05) is 23.7 Å². The molecule has 0 aliphatic heterocycles. The van der Waals surface area contributed by atoms with Crippen LogP contribution < -0.4 is 18.9 Å². The smallest absolute Gasteiger partial charge is 0.265 e. The Hall–Kier alpha value is -3.38. The molecule has 2 N–H and O–H groups in total. The molecule has 0 saturated heterocycles. The minimum Gasteiger partial charge on any atom is -0.497 e. The number of nitrogens with zero attached hydrogens (tertiary/aromatic N) is 2. The van der Waals surface area contributed by atoms with E-state index in [0.717, 1.165) is 0 Å². The van der Waals surface area contributed by atoms with Gasteiger partial charge in [-0.1, -0.05) is 0 Å². The second kappa shape index (κ2) is 9.01. The molecule has 0 radical (unpaired) electrons. The first-order valence-corrected chi connectivity index (χ1v) is 12.2. The van der Waals surface area contributed by atoms with Gasteiger partial charge in [-0.05, 0) is 50.2 Å². The summed E-state index contributed by atoms with van der Waals surface area (Å²) in [4.78, 5) is 8.01. The molecule has 10 nitrogen and oxygen atoms in total. The van der Waals surface area contributed by atoms with E-state index in [9.17, 15) is 16.8 Å². The van der Waals surface area contributed by atoms with Crippen LogP contribution >= 0.6 is 0 Å². The molecule has 0 bridgehead atoms. The molecule has 0 aliphatic rings. The molecule has 170 valence electrons. The zero-order chi connectivity index (χ0) is 23.5. The van der Waals surface area contributed by atoms with Gasteiger partial charge in [-0.2, -0.15) is 0 Å². The lowest BCUT2D eigenvalue weighted by molar-refractivity contribution is 0.386. The van der Waals surface area contributed by atoms with Crippen molar-refractivity contribution in [1.29, 1.82) is 0 Å². The summed E-state index contributed by atoms with van der Waals surface area (Å²) in [6.45, 7) is 3.38. The Balaban J connectivity index is 1.82. The monoisotopic (exact) mass is 478 g/mol. The fourth-order valence-corrected chi connectivity index (χ4v) is 5.08. The summed E-state index contributed by atoms with van der Waals surface area (Å²) in [6.07, 6.45) is 0. The van der Waals surface area contributed by atoms with Gasteiger partial charge in [-0.25, -0.2) is 26.8 Å². The normalized spacial score (nSPS) is 11.6. The second-order valence-electron chi connectivity index (χ2n) is 6.69. The number of methoxy groups -OCH3 is 2. The Morgan fingerprint density at radius 1 is 0.781 bits per heavy atom. The predicted molar refractivity (Wildman–Crippen MR) is 119 cm³/mol. The van der Waals surface area contributed by atoms with Crippen LogP contribution in [0, 0.1) is 13.8 Å². The first-order chi connectivity index (χ1) is 15.0. The summed E-state index contributed by atoms with van der Waals surface area (Å²) >= 11 is 0. The Labute approximate surface area is 186 Å². The number of hydrogen-bond donors (Lipinski definition) is 2. The average molecular weight is 479 g/mol. The van der Waals surface area contributed by atoms with Crippen LogP contribution in [0.4, 0.5) is 11.5 Å². The third-order valence-electron chi connectivity index (χ3n) is 4.28. The van der Waals surface area contributed by atoms with Crippen LogP contribution in [0.1, 0.15) is 11.5 Å². The highest BCUT2D eigenvalue weighted by Crippen LogP contribution is 2.30. The second-order valence-corrected chi connectivity index (χ2v) is 10.0. The molecule has 0 amide bonds. The summed E-state index contributed by atoms with van der Waals surface area (Å²) in [7, 11) is -5.12. The fraction of sp³-hybridized carbons (Fsp3) is 0.200. The van der Waals surface area contributed by atoms with E-state index in [2.05, 4.69) is 19.4 Å². The molecular weight excluding hydrogens is 456 g/mol. The SMILES string of the molecule is COc1ccc(S(=O)(=O)Nc2ccc(S(=O)(=O)Nc3cc(C)nc(C)n3)cc2)c(OC)c1. The maximum Gasteiger partial charge on any atom is 0.265 e. The number of nitrogens with one attached hydrogen (secondary N) is 2. The van der Waals surface area contributed by atoms with Crippen molar-refractivity contribution in [3.63, 3.8) is 0 Å². The van der Waals surface area contributed by atoms with E-state index in [0.29, 0.717) is 17.3 Å². The molecule has 0 atom stereocenters. The minimum absolute atomic E-state index is 0.0589. The average Bonchev–Trinajstić information content (AvgIpc) is 2.72. The summed E-state index contributed by atoms with van der Waals surface area (Å²) in [6, 6.07) is 11.1. The van der Waals surface area contributed by atoms with Crippen molar-refractivity contribution >= 4 is 31.6 Å². The first-order valence-electron chi connectivity index (χ1n) is 9.24. The van der Waals surface area contributed by atoms with Gasteiger partial charge in [0, 0.05) is 23.5 Å². The standard InChI is InChI=1S/C20H22N4O6S2/c1-13-11-20(22-14(2)21-13)24-31(25,26)17-8-5-15(6-9-17)23-32(27,28)19-10-7-16(29-3)12-18(19)30-4/h5-12,23H,1-4H3,(H,21,22,24). The van der Waals surface area contributed by atoms with Gasteiger partial charge in [0.1, 0.15) is 28.0 Å². The molecule has 3 rings (SSSR count). The Morgan fingerprint density at radius 2 is 1.47 bits per heavy atom. The third-order valence-corrected chi connectivity index (χ3v) is 7.07. The van der Waals surface area contributed by atoms with E-state index < -0.39 is 20.0 Å². The van der Waals surface area contributed by atoms with Crippen LogP contribution in [0.3, 0.4) is 0 Å². The quantitative estimate of drug-likeness (QED) is 0.504. The Kier molecular flexibility index (Phi) is 6.55. The van der Waals surface area contributed by atoms with Gasteiger partial charge in [-0.3, -0.25) is 9.44 Å². The molecule has 0 unspecified atom stereocenters. The van der Waals surface area contributed by atoms with Crippen molar-refractivity contribution in [1.82, 2.24) is 9.97 Å². The minimum atomic E-state index is -4.00. The van der Waals surface area contributed by atoms with E-state index in [4.69, 9.17) is 9.47 Å². The van der Waals surface area contributed by atoms with E-state index in [1.54, 1.807) is 13.8 Å². The largest absolute Gasteiger partial charge is 0.497 e. The third kappa shape index (κ3) is 5.26. The van der Waals surface area contributed by atoms with Crippen LogP contribution in [0.15, 0.2) is 58.3 Å². The van der Waals surface area contributed by atoms with Crippen molar-refractivity contribution < 1.29 is 26.3 Å². The zero-order valence-corrected chi connectivity index (χ0v) is 19.4. The molecule has 1 heterocycles. The van der Waals surface area contributed by atoms with E-state index >= 15 is 0 Å². The number of hydrogen-bond acceptors (Lipinski definition) is 8. The maximum atomic E-state index is 12.8. The van der Waals surface area contributed by atoms with Gasteiger partial charge in [0.2, 0.25) is 0 Å². The van der Waals surface area contributed by atoms with Crippen molar-refractivity contribution in [3.8, 4) is 11.5 Å². The van der Waals surface area contributed by atoms with Gasteiger partial charge < -0.3 is 9.47 Å². The molecule has 2 aromatic carbocycles. The molecule has 0 saturated carbocycles. The van der Waals surface area contributed by atoms with Gasteiger partial charge >= 0.3 is 0 Å². The van der Waals surface area contributed by atoms with Gasteiger partial charge in [0.05, 0.1) is 19.1 Å². The molecule has 12 heteroatoms. The molecule has 0 fully saturated rings. The first kappa shape index (κ1) is 23.3. The fourth-order valence-electron chi connectivity index (χ4n) is 2.87. The van der Waals surface area contributed by atoms with E-state index in [1.165, 1.54) is 62.8 Å². The zero-order valence-electron chi connectivity index (χ0n) is 17.8. The lowest BCUT2D eigenvalue weighted by Crippen LogP contribution is -2.16. The van der Waals surface area contributed by atoms with Crippen LogP contribution in [0.2, 0.25) is 0 Å². The maximum absolute atomic E-state index is 12.8. The molecule has 0 aliphatic carbocycles. The highest BCUT2D eigenvalue weighted by atomic mass is 32.2. The highest BCUT2D eigenvalue weighted by molar-refractivity contribution is 7.93. The summed E-state index contributed by atoms with van der Waals surface area (Å²) in [5.74, 6) is 1.13. The highest BCUT2D eigenvalue weighted by Gasteiger charge is 2.21. The topological polar surface area (TPSA) is 137 Å². The Bertz CT molecular complexity index is 1320. The van der Waals surface area contributed by atoms with Crippen molar-refractivity contribution in [2.45, 2.75) is 23.6 Å². The van der Waals surface area contributed by atoms with Gasteiger partial charge in [0.25, 0.3) is 20.0 Å². The number of rotatable bonds is 8. The number of anilines is 2. The van der Waals surface area contributed by atoms with E-state index in [-0.39, 0.29) is 27.0 Å². The van der Waals surface area contributed by atoms with Crippen molar-refractivity contribution in [3.05, 3.63) is 60.0 Å². The number of ether oxygens (including phenoxy) is 2. The van der Waals surface area contributed by atoms with Crippen molar-refractivity contribution in [2.24, 2.45) is 0 Å². The van der Waals surface area contributed by atoms with Crippen LogP contribution in [-0.2, 0) is 20.0 Å². The number of sulfonamides is 2. The van der Waals surface area contributed by atoms with E-state index in [1.807, 2.05) is 0 Å². The van der Waals surface area contributed by atoms with Crippen LogP contribution in [-0.4, -0.2) is 41.0 Å². The summed E-state index contributed by atoms with van der Waals surface area (Å²) < 4.78 is 65.9. The number of aryl methyl sites for hydroxylation is 2. The molecule has 0 spiro atoms. The van der Waals surface area contributed by atoms with Crippen LogP contribution in [0.25, 0.3) is 0 Å². The lowest BCUT2D eigenvalue weighted by atomic mass is 10.3. The van der Waals surface area contributed by atoms with Crippen LogP contribution in [0.5, 0.6) is 11.5 Å². The summed E-state index contributed by atoms with van der Waals surface area (Å²) in [5, 5.41) is 0. The molecule has 32 heavy (non-hydrogen) atoms. The van der Waals surface area contributed by atoms with Gasteiger partial charge in [0.15, 0.2) is 0 Å². The predicted octanol–water partition coefficient (Wildman–Crippen LogP) is 2.71.